The van der Waals surface area contributed by atoms with Crippen molar-refractivity contribution in [3.63, 3.8) is 0 Å². The number of nitrogens with zero attached hydrogens (tertiary/aromatic N) is 2. The average molecular weight is 216 g/mol. The lowest BCUT2D eigenvalue weighted by atomic mass is 10.1. The molecule has 84 valence electrons. The molecule has 2 heterocycles. The summed E-state index contributed by atoms with van der Waals surface area (Å²) in [6, 6.07) is 5.54. The Balaban J connectivity index is 2.85. The van der Waals surface area contributed by atoms with E-state index in [1.54, 1.807) is 10.6 Å². The predicted molar refractivity (Wildman–Crippen MR) is 65.8 cm³/mol. The van der Waals surface area contributed by atoms with E-state index in [0.29, 0.717) is 0 Å². The van der Waals surface area contributed by atoms with Gasteiger partial charge >= 0.3 is 0 Å². The van der Waals surface area contributed by atoms with Gasteiger partial charge in [-0.1, -0.05) is 6.92 Å². The fourth-order valence-corrected chi connectivity index (χ4v) is 2.03. The Bertz CT molecular complexity index is 584. The van der Waals surface area contributed by atoms with Gasteiger partial charge in [-0.25, -0.2) is 4.98 Å². The van der Waals surface area contributed by atoms with Gasteiger partial charge in [-0.05, 0) is 38.0 Å². The first kappa shape index (κ1) is 10.9. The van der Waals surface area contributed by atoms with Gasteiger partial charge in [0.1, 0.15) is 5.65 Å². The number of pyridine rings is 2. The highest BCUT2D eigenvalue weighted by atomic mass is 16.1. The molecule has 2 aromatic heterocycles. The van der Waals surface area contributed by atoms with Gasteiger partial charge in [-0.3, -0.25) is 9.36 Å². The molecule has 0 saturated carbocycles. The van der Waals surface area contributed by atoms with E-state index in [1.165, 1.54) is 5.56 Å². The molecule has 0 aromatic carbocycles. The molecule has 3 nitrogen and oxygen atoms in total. The third-order valence-corrected chi connectivity index (χ3v) is 2.73. The highest BCUT2D eigenvalue weighted by Crippen LogP contribution is 2.15. The van der Waals surface area contributed by atoms with E-state index in [1.807, 2.05) is 19.1 Å². The summed E-state index contributed by atoms with van der Waals surface area (Å²) < 4.78 is 1.76. The lowest BCUT2D eigenvalue weighted by Crippen LogP contribution is -2.20. The van der Waals surface area contributed by atoms with Crippen molar-refractivity contribution in [2.75, 3.05) is 0 Å². The van der Waals surface area contributed by atoms with Crippen LogP contribution in [-0.4, -0.2) is 9.55 Å². The highest BCUT2D eigenvalue weighted by Gasteiger charge is 2.06. The van der Waals surface area contributed by atoms with Crippen LogP contribution in [-0.2, 0) is 6.54 Å². The first-order valence-electron chi connectivity index (χ1n) is 5.61. The second-order valence-corrected chi connectivity index (χ2v) is 4.14. The largest absolute Gasteiger partial charge is 0.293 e. The summed E-state index contributed by atoms with van der Waals surface area (Å²) >= 11 is 0. The van der Waals surface area contributed by atoms with Gasteiger partial charge in [-0.15, -0.1) is 0 Å². The van der Waals surface area contributed by atoms with Crippen molar-refractivity contribution in [2.24, 2.45) is 0 Å². The second kappa shape index (κ2) is 4.08. The van der Waals surface area contributed by atoms with Crippen molar-refractivity contribution in [2.45, 2.75) is 33.7 Å². The van der Waals surface area contributed by atoms with E-state index in [4.69, 9.17) is 0 Å². The fourth-order valence-electron chi connectivity index (χ4n) is 2.03. The molecule has 0 aliphatic heterocycles. The summed E-state index contributed by atoms with van der Waals surface area (Å²) in [7, 11) is 0. The van der Waals surface area contributed by atoms with Gasteiger partial charge in [0.05, 0.1) is 0 Å². The van der Waals surface area contributed by atoms with Gasteiger partial charge < -0.3 is 0 Å². The number of hydrogen-bond donors (Lipinski definition) is 0. The smallest absolute Gasteiger partial charge is 0.252 e. The van der Waals surface area contributed by atoms with Crippen LogP contribution >= 0.6 is 0 Å². The van der Waals surface area contributed by atoms with Crippen LogP contribution < -0.4 is 5.56 Å². The quantitative estimate of drug-likeness (QED) is 0.772. The molecule has 0 atom stereocenters. The van der Waals surface area contributed by atoms with Crippen molar-refractivity contribution in [3.05, 3.63) is 39.8 Å². The van der Waals surface area contributed by atoms with Crippen molar-refractivity contribution in [1.82, 2.24) is 9.55 Å². The standard InChI is InChI=1S/C13H16N2O/c1-4-7-15-12(16)6-5-11-9(2)8-10(3)14-13(11)15/h5-6,8H,4,7H2,1-3H3. The molecular formula is C13H16N2O. The Morgan fingerprint density at radius 1 is 1.31 bits per heavy atom. The lowest BCUT2D eigenvalue weighted by Gasteiger charge is -2.10. The highest BCUT2D eigenvalue weighted by molar-refractivity contribution is 5.79. The van der Waals surface area contributed by atoms with Crippen LogP contribution in [0.25, 0.3) is 11.0 Å². The number of aryl methyl sites for hydroxylation is 3. The Hall–Kier alpha value is -1.64. The molecule has 0 fully saturated rings. The molecule has 2 aromatic rings. The van der Waals surface area contributed by atoms with Crippen LogP contribution in [0.4, 0.5) is 0 Å². The normalized spacial score (nSPS) is 10.9. The van der Waals surface area contributed by atoms with E-state index >= 15 is 0 Å². The Morgan fingerprint density at radius 2 is 2.06 bits per heavy atom. The zero-order valence-corrected chi connectivity index (χ0v) is 9.95. The van der Waals surface area contributed by atoms with Crippen LogP contribution in [0.2, 0.25) is 0 Å². The molecule has 3 heteroatoms. The van der Waals surface area contributed by atoms with Crippen molar-refractivity contribution in [3.8, 4) is 0 Å². The average Bonchev–Trinajstić information content (AvgIpc) is 2.22. The molecule has 0 aliphatic carbocycles. The van der Waals surface area contributed by atoms with E-state index in [9.17, 15) is 4.79 Å². The van der Waals surface area contributed by atoms with E-state index in [-0.39, 0.29) is 5.56 Å². The predicted octanol–water partition coefficient (Wildman–Crippen LogP) is 2.42. The Morgan fingerprint density at radius 3 is 2.75 bits per heavy atom. The fraction of sp³-hybridized carbons (Fsp3) is 0.385. The molecule has 0 spiro atoms. The zero-order chi connectivity index (χ0) is 11.7. The maximum Gasteiger partial charge on any atom is 0.252 e. The topological polar surface area (TPSA) is 34.9 Å². The van der Waals surface area contributed by atoms with Crippen molar-refractivity contribution >= 4 is 11.0 Å². The number of hydrogen-bond acceptors (Lipinski definition) is 2. The third-order valence-electron chi connectivity index (χ3n) is 2.73. The molecular weight excluding hydrogens is 200 g/mol. The molecule has 0 unspecified atom stereocenters. The summed E-state index contributed by atoms with van der Waals surface area (Å²) in [4.78, 5) is 16.2. The van der Waals surface area contributed by atoms with Gasteiger partial charge in [0.15, 0.2) is 0 Å². The number of rotatable bonds is 2. The van der Waals surface area contributed by atoms with E-state index in [2.05, 4.69) is 18.8 Å². The molecule has 0 radical (unpaired) electrons. The van der Waals surface area contributed by atoms with Crippen molar-refractivity contribution in [1.29, 1.82) is 0 Å². The third kappa shape index (κ3) is 1.73. The summed E-state index contributed by atoms with van der Waals surface area (Å²) in [6.07, 6.45) is 0.938. The Labute approximate surface area is 94.7 Å². The number of fused-ring (bicyclic) bond motifs is 1. The summed E-state index contributed by atoms with van der Waals surface area (Å²) in [5.41, 5.74) is 2.98. The molecule has 16 heavy (non-hydrogen) atoms. The second-order valence-electron chi connectivity index (χ2n) is 4.14. The van der Waals surface area contributed by atoms with Gasteiger partial charge in [0.2, 0.25) is 0 Å². The number of aromatic nitrogens is 2. The summed E-state index contributed by atoms with van der Waals surface area (Å²) in [5, 5.41) is 1.07. The Kier molecular flexibility index (Phi) is 2.77. The van der Waals surface area contributed by atoms with Crippen LogP contribution in [0.3, 0.4) is 0 Å². The molecule has 0 aliphatic rings. The molecule has 0 saturated heterocycles. The maximum atomic E-state index is 11.8. The monoisotopic (exact) mass is 216 g/mol. The van der Waals surface area contributed by atoms with Crippen LogP contribution in [0.1, 0.15) is 24.6 Å². The molecule has 2 rings (SSSR count). The first-order chi connectivity index (χ1) is 7.63. The van der Waals surface area contributed by atoms with Crippen LogP contribution in [0.15, 0.2) is 23.0 Å². The molecule has 0 amide bonds. The maximum absolute atomic E-state index is 11.8. The SMILES string of the molecule is CCCn1c(=O)ccc2c(C)cc(C)nc21. The molecule has 0 bridgehead atoms. The van der Waals surface area contributed by atoms with Gasteiger partial charge in [-0.2, -0.15) is 0 Å². The molecule has 0 N–H and O–H groups in total. The first-order valence-corrected chi connectivity index (χ1v) is 5.61. The van der Waals surface area contributed by atoms with Crippen LogP contribution in [0, 0.1) is 13.8 Å². The lowest BCUT2D eigenvalue weighted by molar-refractivity contribution is 0.671. The van der Waals surface area contributed by atoms with Crippen molar-refractivity contribution < 1.29 is 0 Å². The summed E-state index contributed by atoms with van der Waals surface area (Å²) in [6.45, 7) is 6.80. The minimum atomic E-state index is 0.0341. The van der Waals surface area contributed by atoms with Crippen LogP contribution in [0.5, 0.6) is 0 Å². The summed E-state index contributed by atoms with van der Waals surface area (Å²) in [5.74, 6) is 0. The minimum Gasteiger partial charge on any atom is -0.293 e. The zero-order valence-electron chi connectivity index (χ0n) is 9.95. The van der Waals surface area contributed by atoms with E-state index in [0.717, 1.165) is 29.7 Å². The van der Waals surface area contributed by atoms with Gasteiger partial charge in [0, 0.05) is 23.7 Å². The van der Waals surface area contributed by atoms with E-state index < -0.39 is 0 Å². The van der Waals surface area contributed by atoms with Gasteiger partial charge in [0.25, 0.3) is 5.56 Å². The minimum absolute atomic E-state index is 0.0341.